The van der Waals surface area contributed by atoms with Crippen molar-refractivity contribution in [3.8, 4) is 0 Å². The van der Waals surface area contributed by atoms with Gasteiger partial charge in [0.15, 0.2) is 0 Å². The second-order valence-corrected chi connectivity index (χ2v) is 6.85. The summed E-state index contributed by atoms with van der Waals surface area (Å²) in [6.07, 6.45) is 5.47. The number of carbonyl (C=O) groups is 1. The molecule has 0 aromatic carbocycles. The lowest BCUT2D eigenvalue weighted by atomic mass is 9.73. The quantitative estimate of drug-likeness (QED) is 0.680. The topological polar surface area (TPSA) is 59.2 Å². The SMILES string of the molecule is CCCN(CCC)CC[C@](CC(C)C)(C(N)=O)c1ccccn1. The molecule has 0 aliphatic rings. The Bertz CT molecular complexity index is 455. The highest BCUT2D eigenvalue weighted by Crippen LogP contribution is 2.34. The van der Waals surface area contributed by atoms with Crippen LogP contribution in [0.5, 0.6) is 0 Å². The zero-order valence-corrected chi connectivity index (χ0v) is 15.2. The molecule has 0 spiro atoms. The Morgan fingerprint density at radius 3 is 2.30 bits per heavy atom. The van der Waals surface area contributed by atoms with Crippen LogP contribution in [0, 0.1) is 5.92 Å². The van der Waals surface area contributed by atoms with Crippen LogP contribution >= 0.6 is 0 Å². The van der Waals surface area contributed by atoms with Crippen molar-refractivity contribution >= 4 is 5.91 Å². The Labute approximate surface area is 141 Å². The van der Waals surface area contributed by atoms with E-state index >= 15 is 0 Å². The lowest BCUT2D eigenvalue weighted by molar-refractivity contribution is -0.124. The van der Waals surface area contributed by atoms with Gasteiger partial charge in [-0.1, -0.05) is 33.8 Å². The normalized spacial score (nSPS) is 14.2. The van der Waals surface area contributed by atoms with Gasteiger partial charge in [-0.25, -0.2) is 0 Å². The summed E-state index contributed by atoms with van der Waals surface area (Å²) in [4.78, 5) is 19.4. The molecule has 1 amide bonds. The van der Waals surface area contributed by atoms with Crippen molar-refractivity contribution in [2.75, 3.05) is 19.6 Å². The number of nitrogens with two attached hydrogens (primary N) is 1. The summed E-state index contributed by atoms with van der Waals surface area (Å²) in [5, 5.41) is 0. The molecule has 0 radical (unpaired) electrons. The number of nitrogens with zero attached hydrogens (tertiary/aromatic N) is 2. The maximum Gasteiger partial charge on any atom is 0.229 e. The number of hydrogen-bond donors (Lipinski definition) is 1. The predicted octanol–water partition coefficient (Wildman–Crippen LogP) is 3.36. The van der Waals surface area contributed by atoms with Gasteiger partial charge < -0.3 is 10.6 Å². The van der Waals surface area contributed by atoms with Crippen molar-refractivity contribution in [1.29, 1.82) is 0 Å². The average Bonchev–Trinajstić information content (AvgIpc) is 2.52. The first kappa shape index (κ1) is 19.6. The van der Waals surface area contributed by atoms with Crippen molar-refractivity contribution in [3.63, 3.8) is 0 Å². The van der Waals surface area contributed by atoms with Crippen molar-refractivity contribution in [1.82, 2.24) is 9.88 Å². The van der Waals surface area contributed by atoms with Gasteiger partial charge in [0, 0.05) is 6.20 Å². The molecule has 0 aliphatic carbocycles. The summed E-state index contributed by atoms with van der Waals surface area (Å²) in [6.45, 7) is 11.7. The molecule has 0 fully saturated rings. The van der Waals surface area contributed by atoms with E-state index in [0.29, 0.717) is 5.92 Å². The molecule has 4 nitrogen and oxygen atoms in total. The van der Waals surface area contributed by atoms with Crippen molar-refractivity contribution in [2.45, 2.75) is 58.8 Å². The zero-order chi connectivity index (χ0) is 17.3. The molecule has 1 heterocycles. The molecular formula is C19H33N3O. The number of amides is 1. The van der Waals surface area contributed by atoms with E-state index < -0.39 is 5.41 Å². The monoisotopic (exact) mass is 319 g/mol. The second-order valence-electron chi connectivity index (χ2n) is 6.85. The first-order valence-corrected chi connectivity index (χ1v) is 8.90. The van der Waals surface area contributed by atoms with Gasteiger partial charge in [0.1, 0.15) is 0 Å². The minimum atomic E-state index is -0.671. The van der Waals surface area contributed by atoms with Crippen LogP contribution in [0.4, 0.5) is 0 Å². The molecular weight excluding hydrogens is 286 g/mol. The Morgan fingerprint density at radius 2 is 1.87 bits per heavy atom. The van der Waals surface area contributed by atoms with E-state index in [1.165, 1.54) is 0 Å². The highest BCUT2D eigenvalue weighted by molar-refractivity contribution is 5.86. The summed E-state index contributed by atoms with van der Waals surface area (Å²) in [6, 6.07) is 5.76. The number of carbonyl (C=O) groups excluding carboxylic acids is 1. The van der Waals surface area contributed by atoms with E-state index in [0.717, 1.165) is 51.0 Å². The van der Waals surface area contributed by atoms with Gasteiger partial charge >= 0.3 is 0 Å². The molecule has 0 unspecified atom stereocenters. The molecule has 1 aromatic heterocycles. The average molecular weight is 319 g/mol. The van der Waals surface area contributed by atoms with Crippen LogP contribution in [0.25, 0.3) is 0 Å². The van der Waals surface area contributed by atoms with Gasteiger partial charge in [-0.2, -0.15) is 0 Å². The number of rotatable bonds is 11. The molecule has 0 aliphatic heterocycles. The van der Waals surface area contributed by atoms with Crippen LogP contribution in [-0.2, 0) is 10.2 Å². The Morgan fingerprint density at radius 1 is 1.22 bits per heavy atom. The van der Waals surface area contributed by atoms with Crippen molar-refractivity contribution in [2.24, 2.45) is 11.7 Å². The summed E-state index contributed by atoms with van der Waals surface area (Å²) < 4.78 is 0. The number of pyridine rings is 1. The standard InChI is InChI=1S/C19H33N3O/c1-5-12-22(13-6-2)14-10-19(18(20)23,15-16(3)4)17-9-7-8-11-21-17/h7-9,11,16H,5-6,10,12-15H2,1-4H3,(H2,20,23)/t19-/m1/s1. The van der Waals surface area contributed by atoms with Gasteiger partial charge in [-0.15, -0.1) is 0 Å². The molecule has 1 aromatic rings. The molecule has 23 heavy (non-hydrogen) atoms. The first-order valence-electron chi connectivity index (χ1n) is 8.90. The van der Waals surface area contributed by atoms with E-state index in [-0.39, 0.29) is 5.91 Å². The Balaban J connectivity index is 3.05. The highest BCUT2D eigenvalue weighted by Gasteiger charge is 2.40. The van der Waals surface area contributed by atoms with Crippen LogP contribution in [0.1, 0.15) is 59.1 Å². The third-order valence-corrected chi connectivity index (χ3v) is 4.32. The smallest absolute Gasteiger partial charge is 0.229 e. The van der Waals surface area contributed by atoms with Crippen LogP contribution in [0.3, 0.4) is 0 Å². The maximum atomic E-state index is 12.4. The van der Waals surface area contributed by atoms with E-state index in [1.807, 2.05) is 18.2 Å². The first-order chi connectivity index (χ1) is 11.0. The molecule has 4 heteroatoms. The van der Waals surface area contributed by atoms with Crippen LogP contribution in [-0.4, -0.2) is 35.4 Å². The molecule has 1 atom stereocenters. The van der Waals surface area contributed by atoms with E-state index in [4.69, 9.17) is 5.73 Å². The largest absolute Gasteiger partial charge is 0.369 e. The lowest BCUT2D eigenvalue weighted by Gasteiger charge is -2.34. The van der Waals surface area contributed by atoms with Gasteiger partial charge in [-0.05, 0) is 63.4 Å². The van der Waals surface area contributed by atoms with Gasteiger partial charge in [-0.3, -0.25) is 9.78 Å². The minimum absolute atomic E-state index is 0.252. The van der Waals surface area contributed by atoms with Crippen LogP contribution < -0.4 is 5.73 Å². The summed E-state index contributed by atoms with van der Waals surface area (Å²) in [5.41, 5.74) is 6.03. The number of primary amides is 1. The zero-order valence-electron chi connectivity index (χ0n) is 15.2. The van der Waals surface area contributed by atoms with Crippen molar-refractivity contribution in [3.05, 3.63) is 30.1 Å². The summed E-state index contributed by atoms with van der Waals surface area (Å²) in [7, 11) is 0. The van der Waals surface area contributed by atoms with E-state index in [2.05, 4.69) is 37.6 Å². The number of hydrogen-bond acceptors (Lipinski definition) is 3. The fourth-order valence-electron chi connectivity index (χ4n) is 3.34. The maximum absolute atomic E-state index is 12.4. The van der Waals surface area contributed by atoms with Crippen molar-refractivity contribution < 1.29 is 4.79 Å². The molecule has 0 saturated heterocycles. The van der Waals surface area contributed by atoms with Crippen LogP contribution in [0.2, 0.25) is 0 Å². The summed E-state index contributed by atoms with van der Waals surface area (Å²) in [5.74, 6) is 0.133. The lowest BCUT2D eigenvalue weighted by Crippen LogP contribution is -2.45. The van der Waals surface area contributed by atoms with Gasteiger partial charge in [0.25, 0.3) is 0 Å². The molecule has 1 rings (SSSR count). The fraction of sp³-hybridized carbons (Fsp3) is 0.684. The third-order valence-electron chi connectivity index (χ3n) is 4.32. The second kappa shape index (κ2) is 9.66. The van der Waals surface area contributed by atoms with Crippen LogP contribution in [0.15, 0.2) is 24.4 Å². The van der Waals surface area contributed by atoms with Gasteiger partial charge in [0.2, 0.25) is 5.91 Å². The third kappa shape index (κ3) is 5.61. The Kier molecular flexibility index (Phi) is 8.24. The molecule has 0 saturated carbocycles. The molecule has 2 N–H and O–H groups in total. The Hall–Kier alpha value is -1.42. The molecule has 130 valence electrons. The van der Waals surface area contributed by atoms with E-state index in [9.17, 15) is 4.79 Å². The highest BCUT2D eigenvalue weighted by atomic mass is 16.1. The molecule has 0 bridgehead atoms. The van der Waals surface area contributed by atoms with E-state index in [1.54, 1.807) is 6.20 Å². The van der Waals surface area contributed by atoms with Gasteiger partial charge in [0.05, 0.1) is 11.1 Å². The minimum Gasteiger partial charge on any atom is -0.369 e. The number of aromatic nitrogens is 1. The predicted molar refractivity (Wildman–Crippen MR) is 96.2 cm³/mol. The summed E-state index contributed by atoms with van der Waals surface area (Å²) >= 11 is 0. The fourth-order valence-corrected chi connectivity index (χ4v) is 3.34.